The fourth-order valence-corrected chi connectivity index (χ4v) is 2.38. The van der Waals surface area contributed by atoms with Crippen molar-refractivity contribution in [3.05, 3.63) is 59.1 Å². The summed E-state index contributed by atoms with van der Waals surface area (Å²) in [7, 11) is 1.53. The van der Waals surface area contributed by atoms with E-state index in [0.29, 0.717) is 22.9 Å². The highest BCUT2D eigenvalue weighted by Gasteiger charge is 2.07. The van der Waals surface area contributed by atoms with Crippen LogP contribution in [0.4, 0.5) is 5.69 Å². The highest BCUT2D eigenvalue weighted by atomic mass is 35.5. The van der Waals surface area contributed by atoms with Crippen LogP contribution in [0, 0.1) is 0 Å². The first kappa shape index (κ1) is 17.8. The second kappa shape index (κ2) is 8.93. The van der Waals surface area contributed by atoms with E-state index in [0.717, 1.165) is 5.56 Å². The van der Waals surface area contributed by atoms with E-state index in [2.05, 4.69) is 10.6 Å². The van der Waals surface area contributed by atoms with Gasteiger partial charge in [-0.2, -0.15) is 0 Å². The Balaban J connectivity index is 1.73. The molecular weight excluding hydrogens is 328 g/mol. The van der Waals surface area contributed by atoms with Gasteiger partial charge < -0.3 is 15.4 Å². The van der Waals surface area contributed by atoms with Crippen molar-refractivity contribution in [2.45, 2.75) is 12.8 Å². The van der Waals surface area contributed by atoms with Crippen molar-refractivity contribution in [3.63, 3.8) is 0 Å². The van der Waals surface area contributed by atoms with Crippen LogP contribution in [0.1, 0.15) is 12.0 Å². The minimum atomic E-state index is -0.198. The van der Waals surface area contributed by atoms with Gasteiger partial charge in [0.25, 0.3) is 0 Å². The average Bonchev–Trinajstić information content (AvgIpc) is 2.56. The zero-order chi connectivity index (χ0) is 17.4. The maximum Gasteiger partial charge on any atom is 0.226 e. The molecule has 0 spiro atoms. The SMILES string of the molecule is COc1ccc(NC(=O)CCNC(=O)Cc2ccccc2)cc1Cl. The zero-order valence-electron chi connectivity index (χ0n) is 13.3. The predicted molar refractivity (Wildman–Crippen MR) is 94.4 cm³/mol. The zero-order valence-corrected chi connectivity index (χ0v) is 14.1. The minimum Gasteiger partial charge on any atom is -0.495 e. The fourth-order valence-electron chi connectivity index (χ4n) is 2.13. The summed E-state index contributed by atoms with van der Waals surface area (Å²) in [6, 6.07) is 14.4. The van der Waals surface area contributed by atoms with Gasteiger partial charge in [0.15, 0.2) is 0 Å². The van der Waals surface area contributed by atoms with Crippen molar-refractivity contribution in [1.29, 1.82) is 0 Å². The van der Waals surface area contributed by atoms with Crippen LogP contribution in [-0.2, 0) is 16.0 Å². The number of nitrogens with one attached hydrogen (secondary N) is 2. The lowest BCUT2D eigenvalue weighted by molar-refractivity contribution is -0.120. The number of ether oxygens (including phenoxy) is 1. The number of methoxy groups -OCH3 is 1. The molecule has 0 aromatic heterocycles. The Morgan fingerprint density at radius 3 is 2.50 bits per heavy atom. The number of carbonyl (C=O) groups is 2. The Bertz CT molecular complexity index is 705. The lowest BCUT2D eigenvalue weighted by Crippen LogP contribution is -2.28. The van der Waals surface area contributed by atoms with Crippen molar-refractivity contribution in [3.8, 4) is 5.75 Å². The van der Waals surface area contributed by atoms with Gasteiger partial charge in [-0.25, -0.2) is 0 Å². The third-order valence-corrected chi connectivity index (χ3v) is 3.61. The van der Waals surface area contributed by atoms with Crippen LogP contribution in [0.3, 0.4) is 0 Å². The lowest BCUT2D eigenvalue weighted by atomic mass is 10.1. The molecule has 0 aliphatic rings. The van der Waals surface area contributed by atoms with Gasteiger partial charge in [-0.1, -0.05) is 41.9 Å². The van der Waals surface area contributed by atoms with Gasteiger partial charge in [0.1, 0.15) is 5.75 Å². The molecule has 126 valence electrons. The average molecular weight is 347 g/mol. The number of amides is 2. The first-order chi connectivity index (χ1) is 11.6. The number of hydrogen-bond acceptors (Lipinski definition) is 3. The van der Waals surface area contributed by atoms with E-state index >= 15 is 0 Å². The number of halogens is 1. The molecular formula is C18H19ClN2O3. The minimum absolute atomic E-state index is 0.110. The molecule has 2 N–H and O–H groups in total. The maximum atomic E-state index is 11.9. The molecule has 0 heterocycles. The quantitative estimate of drug-likeness (QED) is 0.809. The molecule has 0 saturated carbocycles. The molecule has 0 saturated heterocycles. The molecule has 0 bridgehead atoms. The van der Waals surface area contributed by atoms with E-state index in [4.69, 9.17) is 16.3 Å². The number of rotatable bonds is 7. The molecule has 0 aliphatic heterocycles. The van der Waals surface area contributed by atoms with Crippen molar-refractivity contribution in [2.75, 3.05) is 19.0 Å². The van der Waals surface area contributed by atoms with Crippen LogP contribution in [-0.4, -0.2) is 25.5 Å². The topological polar surface area (TPSA) is 67.4 Å². The van der Waals surface area contributed by atoms with Crippen LogP contribution in [0.5, 0.6) is 5.75 Å². The monoisotopic (exact) mass is 346 g/mol. The molecule has 0 radical (unpaired) electrons. The highest BCUT2D eigenvalue weighted by Crippen LogP contribution is 2.27. The summed E-state index contributed by atoms with van der Waals surface area (Å²) >= 11 is 6.00. The van der Waals surface area contributed by atoms with Gasteiger partial charge >= 0.3 is 0 Å². The van der Waals surface area contributed by atoms with E-state index in [9.17, 15) is 9.59 Å². The smallest absolute Gasteiger partial charge is 0.226 e. The Morgan fingerprint density at radius 1 is 1.08 bits per heavy atom. The Morgan fingerprint density at radius 2 is 1.83 bits per heavy atom. The number of anilines is 1. The second-order valence-electron chi connectivity index (χ2n) is 5.16. The largest absolute Gasteiger partial charge is 0.495 e. The summed E-state index contributed by atoms with van der Waals surface area (Å²) in [5.41, 5.74) is 1.52. The Labute approximate surface area is 146 Å². The third kappa shape index (κ3) is 5.59. The van der Waals surface area contributed by atoms with E-state index < -0.39 is 0 Å². The normalized spacial score (nSPS) is 10.1. The summed E-state index contributed by atoms with van der Waals surface area (Å²) in [5, 5.41) is 5.88. The van der Waals surface area contributed by atoms with Crippen molar-refractivity contribution >= 4 is 29.1 Å². The van der Waals surface area contributed by atoms with Crippen molar-refractivity contribution in [1.82, 2.24) is 5.32 Å². The summed E-state index contributed by atoms with van der Waals surface area (Å²) in [6.45, 7) is 0.279. The van der Waals surface area contributed by atoms with E-state index in [1.807, 2.05) is 30.3 Å². The van der Waals surface area contributed by atoms with Crippen LogP contribution >= 0.6 is 11.6 Å². The molecule has 5 nitrogen and oxygen atoms in total. The van der Waals surface area contributed by atoms with Gasteiger partial charge in [0, 0.05) is 18.7 Å². The summed E-state index contributed by atoms with van der Waals surface area (Å²) < 4.78 is 5.05. The molecule has 2 rings (SSSR count). The van der Waals surface area contributed by atoms with Crippen LogP contribution in [0.2, 0.25) is 5.02 Å². The first-order valence-corrected chi connectivity index (χ1v) is 7.90. The Kier molecular flexibility index (Phi) is 6.63. The summed E-state index contributed by atoms with van der Waals surface area (Å²) in [6.07, 6.45) is 0.487. The summed E-state index contributed by atoms with van der Waals surface area (Å²) in [5.74, 6) is 0.237. The second-order valence-corrected chi connectivity index (χ2v) is 5.57. The summed E-state index contributed by atoms with van der Waals surface area (Å²) in [4.78, 5) is 23.7. The molecule has 2 aromatic carbocycles. The molecule has 0 aliphatic carbocycles. The predicted octanol–water partition coefficient (Wildman–Crippen LogP) is 3.04. The standard InChI is InChI=1S/C18H19ClN2O3/c1-24-16-8-7-14(12-15(16)19)21-17(22)9-10-20-18(23)11-13-5-3-2-4-6-13/h2-8,12H,9-11H2,1H3,(H,20,23)(H,21,22). The van der Waals surface area contributed by atoms with Crippen LogP contribution < -0.4 is 15.4 Å². The molecule has 6 heteroatoms. The molecule has 2 amide bonds. The van der Waals surface area contributed by atoms with Crippen molar-refractivity contribution in [2.24, 2.45) is 0 Å². The highest BCUT2D eigenvalue weighted by molar-refractivity contribution is 6.32. The van der Waals surface area contributed by atoms with Gasteiger partial charge in [-0.05, 0) is 23.8 Å². The number of benzene rings is 2. The molecule has 24 heavy (non-hydrogen) atoms. The third-order valence-electron chi connectivity index (χ3n) is 3.32. The molecule has 0 atom stereocenters. The van der Waals surface area contributed by atoms with E-state index in [1.54, 1.807) is 18.2 Å². The molecule has 0 fully saturated rings. The van der Waals surface area contributed by atoms with Gasteiger partial charge in [-0.15, -0.1) is 0 Å². The fraction of sp³-hybridized carbons (Fsp3) is 0.222. The molecule has 2 aromatic rings. The van der Waals surface area contributed by atoms with E-state index in [1.165, 1.54) is 7.11 Å². The molecule has 0 unspecified atom stereocenters. The van der Waals surface area contributed by atoms with Crippen molar-refractivity contribution < 1.29 is 14.3 Å². The van der Waals surface area contributed by atoms with Gasteiger partial charge in [0.2, 0.25) is 11.8 Å². The number of hydrogen-bond donors (Lipinski definition) is 2. The van der Waals surface area contributed by atoms with Gasteiger partial charge in [0.05, 0.1) is 18.6 Å². The number of carbonyl (C=O) groups excluding carboxylic acids is 2. The van der Waals surface area contributed by atoms with E-state index in [-0.39, 0.29) is 24.8 Å². The maximum absolute atomic E-state index is 11.9. The lowest BCUT2D eigenvalue weighted by Gasteiger charge is -2.09. The Hall–Kier alpha value is -2.53. The first-order valence-electron chi connectivity index (χ1n) is 7.52. The van der Waals surface area contributed by atoms with Crippen LogP contribution in [0.25, 0.3) is 0 Å². The van der Waals surface area contributed by atoms with Gasteiger partial charge in [-0.3, -0.25) is 9.59 Å². The van der Waals surface area contributed by atoms with Crippen LogP contribution in [0.15, 0.2) is 48.5 Å².